The van der Waals surface area contributed by atoms with Crippen LogP contribution in [-0.4, -0.2) is 46.9 Å². The molecule has 6 heteroatoms. The van der Waals surface area contributed by atoms with E-state index in [1.165, 1.54) is 0 Å². The maximum atomic E-state index is 12.5. The van der Waals surface area contributed by atoms with Gasteiger partial charge in [0.15, 0.2) is 0 Å². The summed E-state index contributed by atoms with van der Waals surface area (Å²) >= 11 is 0. The highest BCUT2D eigenvalue weighted by Crippen LogP contribution is 2.28. The third kappa shape index (κ3) is 2.74. The summed E-state index contributed by atoms with van der Waals surface area (Å²) in [4.78, 5) is 38.5. The molecule has 0 radical (unpaired) electrons. The molecule has 0 bridgehead atoms. The van der Waals surface area contributed by atoms with Crippen molar-refractivity contribution in [3.63, 3.8) is 0 Å². The SMILES string of the molecule is CCC(C)C(C(=O)NCCO)N1C(=O)c2ccccc2C1=O. The van der Waals surface area contributed by atoms with Gasteiger partial charge in [0.1, 0.15) is 6.04 Å². The number of benzene rings is 1. The number of rotatable bonds is 6. The average molecular weight is 304 g/mol. The molecule has 0 spiro atoms. The number of nitrogens with one attached hydrogen (secondary N) is 1. The van der Waals surface area contributed by atoms with Gasteiger partial charge in [0.2, 0.25) is 5.91 Å². The first kappa shape index (κ1) is 16.2. The number of hydrogen-bond acceptors (Lipinski definition) is 4. The summed E-state index contributed by atoms with van der Waals surface area (Å²) in [5.41, 5.74) is 0.659. The van der Waals surface area contributed by atoms with Crippen molar-refractivity contribution < 1.29 is 19.5 Å². The quantitative estimate of drug-likeness (QED) is 0.761. The van der Waals surface area contributed by atoms with Gasteiger partial charge in [-0.3, -0.25) is 19.3 Å². The molecule has 1 aliphatic heterocycles. The normalized spacial score (nSPS) is 16.4. The molecule has 0 aliphatic carbocycles. The Bertz CT molecular complexity index is 565. The Kier molecular flexibility index (Phi) is 4.92. The standard InChI is InChI=1S/C16H20N2O4/c1-3-10(2)13(14(20)17-8-9-19)18-15(21)11-6-4-5-7-12(11)16(18)22/h4-7,10,13,19H,3,8-9H2,1-2H3,(H,17,20). The van der Waals surface area contributed by atoms with Crippen molar-refractivity contribution in [2.24, 2.45) is 5.92 Å². The van der Waals surface area contributed by atoms with Crippen LogP contribution in [0.15, 0.2) is 24.3 Å². The Morgan fingerprint density at radius 1 is 1.23 bits per heavy atom. The average Bonchev–Trinajstić information content (AvgIpc) is 2.78. The first-order valence-electron chi connectivity index (χ1n) is 7.38. The molecule has 2 atom stereocenters. The number of nitrogens with zero attached hydrogens (tertiary/aromatic N) is 1. The van der Waals surface area contributed by atoms with Gasteiger partial charge in [0, 0.05) is 6.54 Å². The first-order chi connectivity index (χ1) is 10.5. The highest BCUT2D eigenvalue weighted by Gasteiger charge is 2.44. The fraction of sp³-hybridized carbons (Fsp3) is 0.438. The second kappa shape index (κ2) is 6.70. The van der Waals surface area contributed by atoms with Crippen LogP contribution in [0.3, 0.4) is 0 Å². The number of carbonyl (C=O) groups excluding carboxylic acids is 3. The maximum Gasteiger partial charge on any atom is 0.262 e. The van der Waals surface area contributed by atoms with Crippen LogP contribution in [0, 0.1) is 5.92 Å². The lowest BCUT2D eigenvalue weighted by Gasteiger charge is -2.29. The van der Waals surface area contributed by atoms with Crippen LogP contribution in [0.25, 0.3) is 0 Å². The molecule has 0 aromatic heterocycles. The minimum Gasteiger partial charge on any atom is -0.395 e. The Balaban J connectivity index is 2.35. The van der Waals surface area contributed by atoms with Gasteiger partial charge in [-0.1, -0.05) is 32.4 Å². The molecule has 1 aromatic carbocycles. The molecule has 0 saturated carbocycles. The molecular formula is C16H20N2O4. The molecule has 118 valence electrons. The van der Waals surface area contributed by atoms with Crippen molar-refractivity contribution in [1.29, 1.82) is 0 Å². The molecule has 1 aromatic rings. The third-order valence-corrected chi connectivity index (χ3v) is 3.97. The van der Waals surface area contributed by atoms with E-state index in [0.29, 0.717) is 17.5 Å². The van der Waals surface area contributed by atoms with Crippen molar-refractivity contribution in [2.45, 2.75) is 26.3 Å². The van der Waals surface area contributed by atoms with Crippen LogP contribution in [0.5, 0.6) is 0 Å². The smallest absolute Gasteiger partial charge is 0.262 e. The van der Waals surface area contributed by atoms with Crippen molar-refractivity contribution in [3.05, 3.63) is 35.4 Å². The monoisotopic (exact) mass is 304 g/mol. The predicted molar refractivity (Wildman–Crippen MR) is 80.3 cm³/mol. The fourth-order valence-corrected chi connectivity index (χ4v) is 2.60. The number of carbonyl (C=O) groups is 3. The van der Waals surface area contributed by atoms with Crippen LogP contribution in [0.1, 0.15) is 41.0 Å². The minimum atomic E-state index is -0.871. The molecule has 3 amide bonds. The van der Waals surface area contributed by atoms with Gasteiger partial charge in [-0.25, -0.2) is 0 Å². The number of amides is 3. The van der Waals surface area contributed by atoms with Crippen LogP contribution in [0.2, 0.25) is 0 Å². The molecule has 0 saturated heterocycles. The van der Waals surface area contributed by atoms with Gasteiger partial charge in [-0.15, -0.1) is 0 Å². The topological polar surface area (TPSA) is 86.7 Å². The van der Waals surface area contributed by atoms with Gasteiger partial charge in [-0.2, -0.15) is 0 Å². The Morgan fingerprint density at radius 3 is 2.23 bits per heavy atom. The number of aliphatic hydroxyl groups is 1. The Morgan fingerprint density at radius 2 is 1.77 bits per heavy atom. The Labute approximate surface area is 129 Å². The molecule has 0 fully saturated rings. The van der Waals surface area contributed by atoms with E-state index in [1.807, 2.05) is 13.8 Å². The first-order valence-corrected chi connectivity index (χ1v) is 7.38. The number of fused-ring (bicyclic) bond motifs is 1. The van der Waals surface area contributed by atoms with Gasteiger partial charge < -0.3 is 10.4 Å². The fourth-order valence-electron chi connectivity index (χ4n) is 2.60. The van der Waals surface area contributed by atoms with E-state index in [9.17, 15) is 14.4 Å². The van der Waals surface area contributed by atoms with Crippen molar-refractivity contribution in [1.82, 2.24) is 10.2 Å². The third-order valence-electron chi connectivity index (χ3n) is 3.97. The Hall–Kier alpha value is -2.21. The van der Waals surface area contributed by atoms with E-state index < -0.39 is 23.8 Å². The summed E-state index contributed by atoms with van der Waals surface area (Å²) < 4.78 is 0. The van der Waals surface area contributed by atoms with Crippen molar-refractivity contribution >= 4 is 17.7 Å². The van der Waals surface area contributed by atoms with Crippen LogP contribution < -0.4 is 5.32 Å². The zero-order valence-corrected chi connectivity index (χ0v) is 12.7. The van der Waals surface area contributed by atoms with E-state index in [4.69, 9.17) is 5.11 Å². The van der Waals surface area contributed by atoms with E-state index in [2.05, 4.69) is 5.32 Å². The van der Waals surface area contributed by atoms with E-state index >= 15 is 0 Å². The molecule has 2 N–H and O–H groups in total. The molecule has 1 aliphatic rings. The van der Waals surface area contributed by atoms with Gasteiger partial charge in [-0.05, 0) is 18.1 Å². The highest BCUT2D eigenvalue weighted by molar-refractivity contribution is 6.22. The number of aliphatic hydroxyl groups excluding tert-OH is 1. The van der Waals surface area contributed by atoms with Gasteiger partial charge in [0.05, 0.1) is 17.7 Å². The zero-order valence-electron chi connectivity index (χ0n) is 12.7. The lowest BCUT2D eigenvalue weighted by Crippen LogP contribution is -2.53. The second-order valence-electron chi connectivity index (χ2n) is 5.37. The predicted octanol–water partition coefficient (Wildman–Crippen LogP) is 0.806. The number of hydrogen-bond donors (Lipinski definition) is 2. The summed E-state index contributed by atoms with van der Waals surface area (Å²) in [6, 6.07) is 5.70. The summed E-state index contributed by atoms with van der Waals surface area (Å²) in [6.07, 6.45) is 0.643. The van der Waals surface area contributed by atoms with Crippen molar-refractivity contribution in [2.75, 3.05) is 13.2 Å². The molecule has 6 nitrogen and oxygen atoms in total. The zero-order chi connectivity index (χ0) is 16.3. The highest BCUT2D eigenvalue weighted by atomic mass is 16.3. The van der Waals surface area contributed by atoms with Crippen LogP contribution in [-0.2, 0) is 4.79 Å². The van der Waals surface area contributed by atoms with Gasteiger partial charge >= 0.3 is 0 Å². The summed E-state index contributed by atoms with van der Waals surface area (Å²) in [5, 5.41) is 11.4. The lowest BCUT2D eigenvalue weighted by molar-refractivity contribution is -0.126. The molecule has 1 heterocycles. The molecule has 22 heavy (non-hydrogen) atoms. The van der Waals surface area contributed by atoms with Crippen molar-refractivity contribution in [3.8, 4) is 0 Å². The van der Waals surface area contributed by atoms with Gasteiger partial charge in [0.25, 0.3) is 11.8 Å². The molecular weight excluding hydrogens is 284 g/mol. The summed E-state index contributed by atoms with van der Waals surface area (Å²) in [6.45, 7) is 3.62. The van der Waals surface area contributed by atoms with E-state index in [-0.39, 0.29) is 19.1 Å². The van der Waals surface area contributed by atoms with Crippen LogP contribution in [0.4, 0.5) is 0 Å². The van der Waals surface area contributed by atoms with E-state index in [0.717, 1.165) is 4.90 Å². The summed E-state index contributed by atoms with van der Waals surface area (Å²) in [5.74, 6) is -1.48. The maximum absolute atomic E-state index is 12.5. The molecule has 2 unspecified atom stereocenters. The largest absolute Gasteiger partial charge is 0.395 e. The van der Waals surface area contributed by atoms with E-state index in [1.54, 1.807) is 24.3 Å². The minimum absolute atomic E-state index is 0.0922. The lowest BCUT2D eigenvalue weighted by atomic mass is 9.96. The summed E-state index contributed by atoms with van der Waals surface area (Å²) in [7, 11) is 0. The second-order valence-corrected chi connectivity index (χ2v) is 5.37. The molecule has 2 rings (SSSR count). The number of imide groups is 1. The van der Waals surface area contributed by atoms with Crippen LogP contribution >= 0.6 is 0 Å².